The van der Waals surface area contributed by atoms with E-state index in [1.54, 1.807) is 21.9 Å². The number of benzene rings is 1. The average molecular weight is 549 g/mol. The number of ketones is 1. The molecule has 0 spiro atoms. The van der Waals surface area contributed by atoms with E-state index in [2.05, 4.69) is 5.32 Å². The molecule has 192 valence electrons. The van der Waals surface area contributed by atoms with E-state index in [0.717, 1.165) is 12.0 Å². The molecule has 35 heavy (non-hydrogen) atoms. The smallest absolute Gasteiger partial charge is 0.116 e. The van der Waals surface area contributed by atoms with E-state index in [9.17, 15) is 19.2 Å². The molecule has 0 aromatic heterocycles. The molecule has 0 radical (unpaired) electrons. The van der Waals surface area contributed by atoms with Crippen LogP contribution in [0.3, 0.4) is 0 Å². The van der Waals surface area contributed by atoms with Gasteiger partial charge in [-0.3, -0.25) is 0 Å². The maximum atomic E-state index is 13.5. The van der Waals surface area contributed by atoms with Gasteiger partial charge in [-0.1, -0.05) is 0 Å². The van der Waals surface area contributed by atoms with Crippen LogP contribution in [0.2, 0.25) is 5.21 Å². The molecular weight excluding hydrogens is 511 g/mol. The first-order valence-electron chi connectivity index (χ1n) is 11.9. The van der Waals surface area contributed by atoms with Crippen molar-refractivity contribution in [2.75, 3.05) is 32.1 Å². The number of Topliss-reactive ketones (excluding diaryl/α,β-unsaturated/α-hetero) is 1. The molecule has 2 aliphatic heterocycles. The van der Waals surface area contributed by atoms with Gasteiger partial charge in [0.2, 0.25) is 0 Å². The van der Waals surface area contributed by atoms with Crippen LogP contribution >= 0.6 is 0 Å². The third-order valence-electron chi connectivity index (χ3n) is 6.16. The van der Waals surface area contributed by atoms with Gasteiger partial charge in [0.25, 0.3) is 0 Å². The van der Waals surface area contributed by atoms with Crippen molar-refractivity contribution >= 4 is 52.3 Å². The first kappa shape index (κ1) is 28.6. The second-order valence-corrected chi connectivity index (χ2v) is 10.2. The zero-order valence-corrected chi connectivity index (χ0v) is 23.6. The van der Waals surface area contributed by atoms with Gasteiger partial charge in [0.05, 0.1) is 0 Å². The third kappa shape index (κ3) is 6.94. The van der Waals surface area contributed by atoms with Gasteiger partial charge in [-0.15, -0.1) is 0 Å². The fourth-order valence-corrected chi connectivity index (χ4v) is 5.04. The number of hydrogen-bond donors (Lipinski definition) is 1. The van der Waals surface area contributed by atoms with Crippen LogP contribution in [0.25, 0.3) is 0 Å². The summed E-state index contributed by atoms with van der Waals surface area (Å²) >= 11 is 1.31. The van der Waals surface area contributed by atoms with Gasteiger partial charge in [0, 0.05) is 19.8 Å². The van der Waals surface area contributed by atoms with Crippen LogP contribution in [0.15, 0.2) is 24.3 Å². The zero-order chi connectivity index (χ0) is 26.3. The summed E-state index contributed by atoms with van der Waals surface area (Å²) in [7, 11) is 3.85. The molecule has 0 bridgehead atoms. The fraction of sp³-hybridized carbons (Fsp3) is 0.560. The molecule has 1 aromatic carbocycles. The van der Waals surface area contributed by atoms with Gasteiger partial charge in [-0.2, -0.15) is 0 Å². The molecule has 4 unspecified atom stereocenters. The van der Waals surface area contributed by atoms with Crippen molar-refractivity contribution in [2.24, 2.45) is 5.92 Å². The fourth-order valence-electron chi connectivity index (χ4n) is 4.55. The van der Waals surface area contributed by atoms with E-state index in [4.69, 9.17) is 4.79 Å². The number of nitrogens with zero attached hydrogens (tertiary/aromatic N) is 3. The standard InChI is InChI=1S/C23H33AsN4O4.C2H4O/c1-14(2)11-17(25-22(31)15-5-7-16(8-6-15)26(3)4)23(32)27-10-9-18-21(27)19(29)13-28(18)20(30)12-24;1-2-3/h5-8,14,17-18,21H,9-13,24H2,1-4H3,(H,25,31);2H,1H3. The Bertz CT molecular complexity index is 934. The van der Waals surface area contributed by atoms with Gasteiger partial charge < -0.3 is 9.69 Å². The first-order chi connectivity index (χ1) is 16.5. The summed E-state index contributed by atoms with van der Waals surface area (Å²) in [5.74, 6) is -0.503. The van der Waals surface area contributed by atoms with E-state index in [1.807, 2.05) is 45.0 Å². The van der Waals surface area contributed by atoms with Crippen LogP contribution in [0.4, 0.5) is 5.69 Å². The van der Waals surface area contributed by atoms with Gasteiger partial charge in [0.1, 0.15) is 6.29 Å². The van der Waals surface area contributed by atoms with E-state index in [0.29, 0.717) is 30.2 Å². The van der Waals surface area contributed by atoms with Crippen LogP contribution in [-0.2, 0) is 19.2 Å². The van der Waals surface area contributed by atoms with E-state index in [1.165, 1.54) is 23.8 Å². The summed E-state index contributed by atoms with van der Waals surface area (Å²) in [6.45, 7) is 5.92. The minimum Gasteiger partial charge on any atom is -0.304 e. The maximum Gasteiger partial charge on any atom is 0.116 e. The van der Waals surface area contributed by atoms with Crippen molar-refractivity contribution in [2.45, 2.75) is 56.9 Å². The quantitative estimate of drug-likeness (QED) is 0.394. The number of nitrogens with one attached hydrogen (secondary N) is 1. The molecule has 3 amide bonds. The number of hydrogen-bond acceptors (Lipinski definition) is 6. The van der Waals surface area contributed by atoms with Crippen molar-refractivity contribution in [1.29, 1.82) is 0 Å². The molecule has 2 heterocycles. The maximum absolute atomic E-state index is 13.5. The van der Waals surface area contributed by atoms with Crippen molar-refractivity contribution in [3.8, 4) is 0 Å². The van der Waals surface area contributed by atoms with Crippen LogP contribution in [0.1, 0.15) is 44.0 Å². The van der Waals surface area contributed by atoms with Crippen LogP contribution in [0, 0.1) is 5.92 Å². The molecule has 0 aliphatic carbocycles. The molecule has 1 aromatic rings. The summed E-state index contributed by atoms with van der Waals surface area (Å²) in [6, 6.07) is 5.63. The molecule has 1 N–H and O–H groups in total. The summed E-state index contributed by atoms with van der Waals surface area (Å²) in [6.07, 6.45) is 1.82. The second kappa shape index (κ2) is 12.9. The molecule has 3 rings (SSSR count). The Morgan fingerprint density at radius 3 is 2.29 bits per heavy atom. The molecule has 4 atom stereocenters. The Hall–Kier alpha value is -2.67. The minimum atomic E-state index is -0.721. The van der Waals surface area contributed by atoms with Crippen LogP contribution in [-0.4, -0.2) is 102 Å². The SMILES string of the molecule is CC(C)CC(NC(=O)c1ccc(N(C)C)cc1)C(=O)N1CCC2C1C(=O)CN2C(=O)C[AsH2].CC=O. The Balaban J connectivity index is 0.00000137. The molecule has 9 nitrogen and oxygen atoms in total. The third-order valence-corrected chi connectivity index (χ3v) is 6.89. The van der Waals surface area contributed by atoms with Gasteiger partial charge in [0.15, 0.2) is 0 Å². The zero-order valence-electron chi connectivity index (χ0n) is 21.2. The first-order valence-corrected chi connectivity index (χ1v) is 13.6. The van der Waals surface area contributed by atoms with E-state index >= 15 is 0 Å². The molecular formula is C25H37AsN4O5. The molecule has 2 saturated heterocycles. The van der Waals surface area contributed by atoms with Gasteiger partial charge >= 0.3 is 161 Å². The number of rotatable bonds is 7. The summed E-state index contributed by atoms with van der Waals surface area (Å²) < 4.78 is 0. The Labute approximate surface area is 216 Å². The number of fused-ring (bicyclic) bond motifs is 1. The van der Waals surface area contributed by atoms with Gasteiger partial charge in [-0.05, 0) is 19.1 Å². The topological polar surface area (TPSA) is 107 Å². The molecule has 0 saturated carbocycles. The molecule has 10 heteroatoms. The monoisotopic (exact) mass is 548 g/mol. The van der Waals surface area contributed by atoms with E-state index < -0.39 is 12.1 Å². The Morgan fingerprint density at radius 2 is 1.77 bits per heavy atom. The Morgan fingerprint density at radius 1 is 1.17 bits per heavy atom. The van der Waals surface area contributed by atoms with Crippen molar-refractivity contribution in [3.05, 3.63) is 29.8 Å². The normalized spacial score (nSPS) is 19.6. The summed E-state index contributed by atoms with van der Waals surface area (Å²) in [4.78, 5) is 65.3. The number of likely N-dealkylation sites (tertiary alicyclic amines) is 2. The number of carbonyl (C=O) groups is 5. The summed E-state index contributed by atoms with van der Waals surface area (Å²) in [5.41, 5.74) is 1.46. The predicted molar refractivity (Wildman–Crippen MR) is 137 cm³/mol. The summed E-state index contributed by atoms with van der Waals surface area (Å²) in [5, 5.41) is 3.30. The average Bonchev–Trinajstić information content (AvgIpc) is 3.39. The number of anilines is 1. The van der Waals surface area contributed by atoms with Crippen molar-refractivity contribution in [3.63, 3.8) is 0 Å². The van der Waals surface area contributed by atoms with E-state index in [-0.39, 0.29) is 42.0 Å². The van der Waals surface area contributed by atoms with Gasteiger partial charge in [-0.25, -0.2) is 0 Å². The number of aldehydes is 1. The number of carbonyl (C=O) groups excluding carboxylic acids is 5. The van der Waals surface area contributed by atoms with Crippen LogP contribution in [0.5, 0.6) is 0 Å². The van der Waals surface area contributed by atoms with Crippen molar-refractivity contribution < 1.29 is 24.0 Å². The van der Waals surface area contributed by atoms with Crippen LogP contribution < -0.4 is 10.2 Å². The molecule has 2 aliphatic rings. The van der Waals surface area contributed by atoms with Crippen molar-refractivity contribution in [1.82, 2.24) is 15.1 Å². The number of amides is 3. The predicted octanol–water partition coefficient (Wildman–Crippen LogP) is 0.535. The minimum absolute atomic E-state index is 0.0339. The molecule has 2 fully saturated rings. The second-order valence-electron chi connectivity index (χ2n) is 9.36. The Kier molecular flexibility index (Phi) is 10.5. The largest absolute Gasteiger partial charge is 0.304 e.